The van der Waals surface area contributed by atoms with E-state index in [9.17, 15) is 0 Å². The van der Waals surface area contributed by atoms with Crippen LogP contribution in [0.25, 0.3) is 110 Å². The second-order valence-corrected chi connectivity index (χ2v) is 14.1. The van der Waals surface area contributed by atoms with Gasteiger partial charge in [-0.05, 0) is 60.7 Å². The van der Waals surface area contributed by atoms with Crippen LogP contribution in [0.1, 0.15) is 0 Å². The Hall–Kier alpha value is -7.50. The lowest BCUT2D eigenvalue weighted by Crippen LogP contribution is -1.98. The van der Waals surface area contributed by atoms with Gasteiger partial charge >= 0.3 is 0 Å². The van der Waals surface area contributed by atoms with Crippen molar-refractivity contribution in [2.45, 2.75) is 0 Å². The van der Waals surface area contributed by atoms with Crippen LogP contribution in [0.15, 0.2) is 186 Å². The molecule has 12 rings (SSSR count). The van der Waals surface area contributed by atoms with Crippen molar-refractivity contribution >= 4 is 76.5 Å². The number of hydrogen-bond acceptors (Lipinski definition) is 3. The first-order valence-electron chi connectivity index (χ1n) is 18.6. The highest BCUT2D eigenvalue weighted by Crippen LogP contribution is 2.46. The first-order chi connectivity index (χ1) is 27.3. The van der Waals surface area contributed by atoms with Crippen LogP contribution in [-0.4, -0.2) is 19.1 Å². The first kappa shape index (κ1) is 30.0. The second-order valence-electron chi connectivity index (χ2n) is 14.1. The van der Waals surface area contributed by atoms with Crippen molar-refractivity contribution in [3.8, 4) is 34.0 Å². The highest BCUT2D eigenvalue weighted by atomic mass is 16.3. The molecule has 5 nitrogen and oxygen atoms in total. The van der Waals surface area contributed by atoms with Gasteiger partial charge in [-0.2, -0.15) is 0 Å². The highest BCUT2D eigenvalue weighted by Gasteiger charge is 2.24. The van der Waals surface area contributed by atoms with Gasteiger partial charge in [0.2, 0.25) is 0 Å². The molecule has 0 radical (unpaired) electrons. The van der Waals surface area contributed by atoms with E-state index >= 15 is 0 Å². The summed E-state index contributed by atoms with van der Waals surface area (Å²) < 4.78 is 11.4. The topological polar surface area (TPSA) is 48.8 Å². The molecule has 12 aromatic rings. The van der Waals surface area contributed by atoms with Gasteiger partial charge in [-0.1, -0.05) is 121 Å². The average Bonchev–Trinajstić information content (AvgIpc) is 3.91. The van der Waals surface area contributed by atoms with Crippen LogP contribution in [0.3, 0.4) is 0 Å². The largest absolute Gasteiger partial charge is 0.456 e. The summed E-state index contributed by atoms with van der Waals surface area (Å²) >= 11 is 0. The minimum Gasteiger partial charge on any atom is -0.456 e. The number of rotatable bonds is 4. The molecule has 0 saturated heterocycles. The first-order valence-corrected chi connectivity index (χ1v) is 18.6. The molecule has 0 spiro atoms. The lowest BCUT2D eigenvalue weighted by molar-refractivity contribution is 0.669. The van der Waals surface area contributed by atoms with E-state index in [1.165, 1.54) is 32.6 Å². The molecule has 0 atom stereocenters. The zero-order chi connectivity index (χ0) is 36.0. The molecule has 0 aliphatic carbocycles. The van der Waals surface area contributed by atoms with Crippen LogP contribution >= 0.6 is 0 Å². The molecule has 0 N–H and O–H groups in total. The molecule has 0 fully saturated rings. The van der Waals surface area contributed by atoms with Crippen molar-refractivity contribution in [2.75, 3.05) is 0 Å². The van der Waals surface area contributed by atoms with Gasteiger partial charge in [0, 0.05) is 54.8 Å². The fourth-order valence-corrected chi connectivity index (χ4v) is 8.77. The smallest absolute Gasteiger partial charge is 0.160 e. The fourth-order valence-electron chi connectivity index (χ4n) is 8.77. The van der Waals surface area contributed by atoms with E-state index in [4.69, 9.17) is 14.4 Å². The normalized spacial score (nSPS) is 12.0. The minimum atomic E-state index is 0.686. The molecule has 0 aliphatic heterocycles. The van der Waals surface area contributed by atoms with Crippen molar-refractivity contribution in [1.82, 2.24) is 19.1 Å². The van der Waals surface area contributed by atoms with Crippen LogP contribution in [0.5, 0.6) is 0 Å². The molecule has 55 heavy (non-hydrogen) atoms. The zero-order valence-electron chi connectivity index (χ0n) is 29.5. The van der Waals surface area contributed by atoms with Gasteiger partial charge in [-0.25, -0.2) is 9.97 Å². The van der Waals surface area contributed by atoms with Gasteiger partial charge in [0.15, 0.2) is 5.82 Å². The Morgan fingerprint density at radius 1 is 0.382 bits per heavy atom. The number of hydrogen-bond donors (Lipinski definition) is 0. The lowest BCUT2D eigenvalue weighted by atomic mass is 10.1. The summed E-state index contributed by atoms with van der Waals surface area (Å²) in [5.74, 6) is 0.686. The molecule has 4 heterocycles. The third kappa shape index (κ3) is 4.35. The molecule has 0 aliphatic rings. The molecule has 256 valence electrons. The monoisotopic (exact) mass is 702 g/mol. The van der Waals surface area contributed by atoms with E-state index in [0.29, 0.717) is 5.82 Å². The fraction of sp³-hybridized carbons (Fsp3) is 0. The van der Waals surface area contributed by atoms with Crippen LogP contribution in [0.4, 0.5) is 0 Å². The molecular weight excluding hydrogens is 673 g/mol. The number of benzene rings is 8. The van der Waals surface area contributed by atoms with E-state index in [0.717, 1.165) is 72.1 Å². The van der Waals surface area contributed by atoms with Crippen molar-refractivity contribution in [3.63, 3.8) is 0 Å². The summed E-state index contributed by atoms with van der Waals surface area (Å²) in [5.41, 5.74) is 12.3. The highest BCUT2D eigenvalue weighted by molar-refractivity contribution is 6.31. The third-order valence-corrected chi connectivity index (χ3v) is 11.1. The van der Waals surface area contributed by atoms with Crippen molar-refractivity contribution < 1.29 is 4.42 Å². The van der Waals surface area contributed by atoms with Crippen LogP contribution in [0.2, 0.25) is 0 Å². The van der Waals surface area contributed by atoms with Crippen molar-refractivity contribution in [2.24, 2.45) is 0 Å². The quantitative estimate of drug-likeness (QED) is 0.183. The van der Waals surface area contributed by atoms with Gasteiger partial charge in [0.25, 0.3) is 0 Å². The maximum atomic E-state index is 6.53. The number of aromatic nitrogens is 4. The predicted octanol–water partition coefficient (Wildman–Crippen LogP) is 13.1. The Balaban J connectivity index is 1.21. The van der Waals surface area contributed by atoms with Crippen molar-refractivity contribution in [3.05, 3.63) is 182 Å². The predicted molar refractivity (Wildman–Crippen MR) is 226 cm³/mol. The number of para-hydroxylation sites is 4. The van der Waals surface area contributed by atoms with Crippen LogP contribution in [0, 0.1) is 0 Å². The summed E-state index contributed by atoms with van der Waals surface area (Å²) in [4.78, 5) is 10.4. The van der Waals surface area contributed by atoms with E-state index in [-0.39, 0.29) is 0 Å². The van der Waals surface area contributed by atoms with Gasteiger partial charge in [0.1, 0.15) is 11.2 Å². The molecule has 4 aromatic heterocycles. The minimum absolute atomic E-state index is 0.686. The van der Waals surface area contributed by atoms with Crippen LogP contribution in [-0.2, 0) is 0 Å². The van der Waals surface area contributed by atoms with E-state index < -0.39 is 0 Å². The number of nitrogens with zero attached hydrogens (tertiary/aromatic N) is 4. The van der Waals surface area contributed by atoms with E-state index in [1.807, 2.05) is 18.2 Å². The van der Waals surface area contributed by atoms with Crippen molar-refractivity contribution in [1.29, 1.82) is 0 Å². The molecule has 0 amide bonds. The summed E-state index contributed by atoms with van der Waals surface area (Å²) in [6.45, 7) is 0. The van der Waals surface area contributed by atoms with E-state index in [2.05, 4.69) is 173 Å². The number of furan rings is 1. The molecule has 8 aromatic carbocycles. The molecule has 0 bridgehead atoms. The van der Waals surface area contributed by atoms with E-state index in [1.54, 1.807) is 0 Å². The van der Waals surface area contributed by atoms with Gasteiger partial charge in [-0.15, -0.1) is 0 Å². The Kier molecular flexibility index (Phi) is 6.27. The second kappa shape index (κ2) is 11.5. The molecule has 0 saturated carbocycles. The molecular formula is C50H30N4O. The SMILES string of the molecule is c1ccc(-c2nc(-c3cccc(-n4c5ccc6c7ccccc7n(-c7ccccc7)c6c5c5ccc6oc7ccccc7c6c54)c3)nc3ccccc23)cc1. The van der Waals surface area contributed by atoms with Gasteiger partial charge < -0.3 is 13.6 Å². The zero-order valence-corrected chi connectivity index (χ0v) is 29.5. The average molecular weight is 703 g/mol. The Bertz CT molecular complexity index is 3480. The standard InChI is InChI=1S/C50H30N4O/c1-3-14-31(15-4-1)47-37-21-7-10-23-40(37)51-50(52-47)32-16-13-19-34(30-32)54-42-28-26-36-35-20-8-11-24-41(35)53(33-17-5-2-6-18-33)48(36)45(42)39-27-29-44-46(49(39)54)38-22-9-12-25-43(38)55-44/h1-30H. The summed E-state index contributed by atoms with van der Waals surface area (Å²) in [5, 5.41) is 8.02. The molecule has 5 heteroatoms. The molecule has 0 unspecified atom stereocenters. The lowest BCUT2D eigenvalue weighted by Gasteiger charge is -2.12. The maximum absolute atomic E-state index is 6.53. The van der Waals surface area contributed by atoms with Gasteiger partial charge in [0.05, 0.1) is 38.7 Å². The Morgan fingerprint density at radius 2 is 1.04 bits per heavy atom. The summed E-state index contributed by atoms with van der Waals surface area (Å²) in [6.07, 6.45) is 0. The Morgan fingerprint density at radius 3 is 1.91 bits per heavy atom. The summed E-state index contributed by atoms with van der Waals surface area (Å²) in [7, 11) is 0. The third-order valence-electron chi connectivity index (χ3n) is 11.1. The summed E-state index contributed by atoms with van der Waals surface area (Å²) in [6, 6.07) is 64.1. The maximum Gasteiger partial charge on any atom is 0.160 e. The Labute approximate surface area is 315 Å². The van der Waals surface area contributed by atoms with Crippen LogP contribution < -0.4 is 0 Å². The van der Waals surface area contributed by atoms with Gasteiger partial charge in [-0.3, -0.25) is 0 Å². The number of fused-ring (bicyclic) bond motifs is 12.